The van der Waals surface area contributed by atoms with Crippen molar-refractivity contribution in [1.82, 2.24) is 20.4 Å². The van der Waals surface area contributed by atoms with Gasteiger partial charge in [0.25, 0.3) is 17.5 Å². The normalized spacial score (nSPS) is 16.4. The van der Waals surface area contributed by atoms with E-state index >= 15 is 0 Å². The van der Waals surface area contributed by atoms with E-state index in [-0.39, 0.29) is 35.4 Å². The zero-order chi connectivity index (χ0) is 24.1. The lowest BCUT2D eigenvalue weighted by Gasteiger charge is -2.32. The van der Waals surface area contributed by atoms with Crippen LogP contribution >= 0.6 is 0 Å². The first-order valence-corrected chi connectivity index (χ1v) is 11.4. The monoisotopic (exact) mass is 465 g/mol. The summed E-state index contributed by atoms with van der Waals surface area (Å²) in [6.07, 6.45) is 2.14. The molecule has 0 aliphatic carbocycles. The SMILES string of the molecule is O=C(NCCCN1C(=O)c2ccc([N+](=O)[O-])cc2C1=O)NC1CCN(Cc2ccccc2)CC1. The lowest BCUT2D eigenvalue weighted by Crippen LogP contribution is -2.48. The minimum absolute atomic E-state index is 0.0449. The number of carbonyl (C=O) groups excluding carboxylic acids is 3. The zero-order valence-corrected chi connectivity index (χ0v) is 18.7. The van der Waals surface area contributed by atoms with Crippen LogP contribution in [0.4, 0.5) is 10.5 Å². The van der Waals surface area contributed by atoms with Gasteiger partial charge >= 0.3 is 6.03 Å². The van der Waals surface area contributed by atoms with E-state index in [1.165, 1.54) is 17.7 Å². The maximum atomic E-state index is 12.5. The number of imide groups is 1. The molecule has 2 aromatic carbocycles. The molecule has 2 N–H and O–H groups in total. The fourth-order valence-corrected chi connectivity index (χ4v) is 4.35. The molecular weight excluding hydrogens is 438 g/mol. The highest BCUT2D eigenvalue weighted by Crippen LogP contribution is 2.26. The maximum absolute atomic E-state index is 12.5. The largest absolute Gasteiger partial charge is 0.338 e. The third-order valence-corrected chi connectivity index (χ3v) is 6.18. The molecule has 0 saturated carbocycles. The van der Waals surface area contributed by atoms with Gasteiger partial charge in [0, 0.05) is 50.9 Å². The maximum Gasteiger partial charge on any atom is 0.315 e. The van der Waals surface area contributed by atoms with Crippen LogP contribution in [-0.4, -0.2) is 64.8 Å². The molecule has 10 nitrogen and oxygen atoms in total. The molecule has 0 radical (unpaired) electrons. The Balaban J connectivity index is 1.16. The van der Waals surface area contributed by atoms with Crippen LogP contribution < -0.4 is 10.6 Å². The van der Waals surface area contributed by atoms with E-state index < -0.39 is 16.7 Å². The summed E-state index contributed by atoms with van der Waals surface area (Å²) in [5.74, 6) is -1.02. The number of rotatable bonds is 8. The van der Waals surface area contributed by atoms with Gasteiger partial charge in [0.2, 0.25) is 0 Å². The molecule has 1 fully saturated rings. The molecule has 2 aromatic rings. The molecule has 178 valence electrons. The van der Waals surface area contributed by atoms with Gasteiger partial charge in [0.05, 0.1) is 16.1 Å². The molecule has 4 rings (SSSR count). The van der Waals surface area contributed by atoms with Crippen molar-refractivity contribution in [1.29, 1.82) is 0 Å². The molecule has 2 aliphatic rings. The molecule has 1 saturated heterocycles. The van der Waals surface area contributed by atoms with E-state index in [0.29, 0.717) is 13.0 Å². The Morgan fingerprint density at radius 2 is 1.74 bits per heavy atom. The number of amides is 4. The van der Waals surface area contributed by atoms with Crippen LogP contribution in [0.5, 0.6) is 0 Å². The molecule has 4 amide bonds. The van der Waals surface area contributed by atoms with Crippen LogP contribution in [0.15, 0.2) is 48.5 Å². The summed E-state index contributed by atoms with van der Waals surface area (Å²) in [4.78, 5) is 51.0. The third-order valence-electron chi connectivity index (χ3n) is 6.18. The van der Waals surface area contributed by atoms with Crippen LogP contribution in [0.1, 0.15) is 45.5 Å². The van der Waals surface area contributed by atoms with Crippen molar-refractivity contribution in [2.24, 2.45) is 0 Å². The van der Waals surface area contributed by atoms with Gasteiger partial charge in [-0.1, -0.05) is 30.3 Å². The summed E-state index contributed by atoms with van der Waals surface area (Å²) in [5.41, 5.74) is 1.26. The number of hydrogen-bond donors (Lipinski definition) is 2. The van der Waals surface area contributed by atoms with E-state index in [4.69, 9.17) is 0 Å². The average Bonchev–Trinajstić information content (AvgIpc) is 3.08. The molecule has 0 atom stereocenters. The number of carbonyl (C=O) groups is 3. The van der Waals surface area contributed by atoms with Gasteiger partial charge in [-0.2, -0.15) is 0 Å². The fraction of sp³-hybridized carbons (Fsp3) is 0.375. The number of piperidine rings is 1. The van der Waals surface area contributed by atoms with Gasteiger partial charge < -0.3 is 10.6 Å². The number of nitro groups is 1. The standard InChI is InChI=1S/C24H27N5O5/c30-22-20-8-7-19(29(33)34)15-21(20)23(31)28(22)12-4-11-25-24(32)26-18-9-13-27(14-10-18)16-17-5-2-1-3-6-17/h1-3,5-8,15,18H,4,9-14,16H2,(H2,25,26,32). The predicted molar refractivity (Wildman–Crippen MR) is 124 cm³/mol. The van der Waals surface area contributed by atoms with Crippen LogP contribution in [0, 0.1) is 10.1 Å². The summed E-state index contributed by atoms with van der Waals surface area (Å²) in [6.45, 7) is 3.16. The van der Waals surface area contributed by atoms with Crippen LogP contribution in [0.2, 0.25) is 0 Å². The molecule has 0 bridgehead atoms. The van der Waals surface area contributed by atoms with Crippen molar-refractivity contribution in [2.75, 3.05) is 26.2 Å². The van der Waals surface area contributed by atoms with E-state index in [1.54, 1.807) is 0 Å². The smallest absolute Gasteiger partial charge is 0.315 e. The highest BCUT2D eigenvalue weighted by atomic mass is 16.6. The van der Waals surface area contributed by atoms with Gasteiger partial charge in [0.1, 0.15) is 0 Å². The highest BCUT2D eigenvalue weighted by molar-refractivity contribution is 6.21. The molecule has 2 aliphatic heterocycles. The third kappa shape index (κ3) is 5.40. The predicted octanol–water partition coefficient (Wildman–Crippen LogP) is 2.54. The number of hydrogen-bond acceptors (Lipinski definition) is 6. The molecule has 10 heteroatoms. The number of non-ortho nitro benzene ring substituents is 1. The molecule has 0 spiro atoms. The minimum atomic E-state index is -0.601. The van der Waals surface area contributed by atoms with Crippen molar-refractivity contribution < 1.29 is 19.3 Å². The molecule has 2 heterocycles. The topological polar surface area (TPSA) is 125 Å². The zero-order valence-electron chi connectivity index (χ0n) is 18.7. The van der Waals surface area contributed by atoms with Crippen molar-refractivity contribution in [2.45, 2.75) is 31.8 Å². The first-order chi connectivity index (χ1) is 16.4. The van der Waals surface area contributed by atoms with Crippen molar-refractivity contribution in [3.63, 3.8) is 0 Å². The summed E-state index contributed by atoms with van der Waals surface area (Å²) in [6, 6.07) is 13.8. The minimum Gasteiger partial charge on any atom is -0.338 e. The molecular formula is C24H27N5O5. The van der Waals surface area contributed by atoms with Crippen molar-refractivity contribution in [3.8, 4) is 0 Å². The van der Waals surface area contributed by atoms with Crippen LogP contribution in [0.25, 0.3) is 0 Å². The number of fused-ring (bicyclic) bond motifs is 1. The summed E-state index contributed by atoms with van der Waals surface area (Å²) in [5, 5.41) is 16.7. The second-order valence-electron chi connectivity index (χ2n) is 8.54. The lowest BCUT2D eigenvalue weighted by atomic mass is 10.0. The van der Waals surface area contributed by atoms with E-state index in [1.807, 2.05) is 18.2 Å². The fourth-order valence-electron chi connectivity index (χ4n) is 4.35. The van der Waals surface area contributed by atoms with Crippen LogP contribution in [-0.2, 0) is 6.54 Å². The van der Waals surface area contributed by atoms with Gasteiger partial charge in [-0.25, -0.2) is 4.79 Å². The highest BCUT2D eigenvalue weighted by Gasteiger charge is 2.36. The number of nitrogens with zero attached hydrogens (tertiary/aromatic N) is 3. The number of urea groups is 1. The average molecular weight is 466 g/mol. The first-order valence-electron chi connectivity index (χ1n) is 11.4. The number of likely N-dealkylation sites (tertiary alicyclic amines) is 1. The summed E-state index contributed by atoms with van der Waals surface area (Å²) in [7, 11) is 0. The second-order valence-corrected chi connectivity index (χ2v) is 8.54. The Hall–Kier alpha value is -3.79. The van der Waals surface area contributed by atoms with Gasteiger partial charge in [0.15, 0.2) is 0 Å². The second kappa shape index (κ2) is 10.4. The van der Waals surface area contributed by atoms with Gasteiger partial charge in [-0.15, -0.1) is 0 Å². The molecule has 0 unspecified atom stereocenters. The van der Waals surface area contributed by atoms with Crippen LogP contribution in [0.3, 0.4) is 0 Å². The quantitative estimate of drug-likeness (QED) is 0.267. The Bertz CT molecular complexity index is 1080. The van der Waals surface area contributed by atoms with Gasteiger partial charge in [-0.05, 0) is 30.9 Å². The Morgan fingerprint density at radius 3 is 2.44 bits per heavy atom. The Labute approximate surface area is 197 Å². The number of benzene rings is 2. The number of nitro benzene ring substituents is 1. The Morgan fingerprint density at radius 1 is 1.03 bits per heavy atom. The first kappa shape index (κ1) is 23.4. The lowest BCUT2D eigenvalue weighted by molar-refractivity contribution is -0.384. The summed E-state index contributed by atoms with van der Waals surface area (Å²) < 4.78 is 0. The molecule has 0 aromatic heterocycles. The van der Waals surface area contributed by atoms with Crippen molar-refractivity contribution >= 4 is 23.5 Å². The van der Waals surface area contributed by atoms with Crippen molar-refractivity contribution in [3.05, 3.63) is 75.3 Å². The molecule has 34 heavy (non-hydrogen) atoms. The number of nitrogens with one attached hydrogen (secondary N) is 2. The summed E-state index contributed by atoms with van der Waals surface area (Å²) >= 11 is 0. The van der Waals surface area contributed by atoms with E-state index in [2.05, 4.69) is 27.7 Å². The van der Waals surface area contributed by atoms with E-state index in [0.717, 1.165) is 43.4 Å². The Kier molecular flexibility index (Phi) is 7.17. The van der Waals surface area contributed by atoms with E-state index in [9.17, 15) is 24.5 Å². The van der Waals surface area contributed by atoms with Gasteiger partial charge in [-0.3, -0.25) is 29.5 Å².